The molecule has 2 aliphatic heterocycles. The number of aryl methyl sites for hydroxylation is 1. The molecule has 6 heterocycles. The van der Waals surface area contributed by atoms with Crippen molar-refractivity contribution in [3.8, 4) is 0 Å². The van der Waals surface area contributed by atoms with Crippen molar-refractivity contribution in [2.75, 3.05) is 37.4 Å². The number of imidazole rings is 1. The van der Waals surface area contributed by atoms with E-state index in [1.165, 1.54) is 18.4 Å². The fraction of sp³-hybridized carbons (Fsp3) is 0.488. The van der Waals surface area contributed by atoms with Crippen molar-refractivity contribution in [2.24, 2.45) is 18.4 Å². The molecule has 0 bridgehead atoms. The Labute approximate surface area is 318 Å². The van der Waals surface area contributed by atoms with Gasteiger partial charge in [0.25, 0.3) is 5.91 Å². The quantitative estimate of drug-likeness (QED) is 0.203. The Morgan fingerprint density at radius 1 is 0.982 bits per heavy atom. The van der Waals surface area contributed by atoms with Gasteiger partial charge in [-0.1, -0.05) is 25.0 Å². The summed E-state index contributed by atoms with van der Waals surface area (Å²) in [6, 6.07) is 11.6. The first-order valence-corrected chi connectivity index (χ1v) is 19.7. The van der Waals surface area contributed by atoms with Crippen LogP contribution in [0.4, 0.5) is 17.5 Å². The lowest BCUT2D eigenvalue weighted by atomic mass is 9.56. The standard InChI is InChI=1S/C41H48N10O4/c1-47(2)38(54)32-20-27-24-43-39(46-36(27)50(32)28-7-4-5-8-28)44-33-13-11-25(23-42-33)19-26-21-41(22-26)15-17-49(18-16-41)29-9-6-10-30-35(29)48(3)40(55)51(30)31-12-14-34(52)45-37(31)53/h6,9-11,13,20,23-24,26,28,31H,4-5,7-8,12,14-19,21-22H2,1-3H3,(H,45,52,53)(H,42,43,44,46)/t31-/m1/s1. The molecule has 0 radical (unpaired) electrons. The summed E-state index contributed by atoms with van der Waals surface area (Å²) < 4.78 is 5.34. The maximum atomic E-state index is 13.4. The molecule has 2 aliphatic carbocycles. The molecule has 1 spiro atoms. The van der Waals surface area contributed by atoms with Gasteiger partial charge in [0.15, 0.2) is 0 Å². The molecular weight excluding hydrogens is 697 g/mol. The lowest BCUT2D eigenvalue weighted by Crippen LogP contribution is -2.47. The third kappa shape index (κ3) is 6.24. The molecule has 5 aromatic rings. The zero-order valence-corrected chi connectivity index (χ0v) is 31.8. The number of hydrogen-bond donors (Lipinski definition) is 2. The largest absolute Gasteiger partial charge is 0.370 e. The number of para-hydroxylation sites is 1. The summed E-state index contributed by atoms with van der Waals surface area (Å²) in [4.78, 5) is 69.2. The molecule has 286 valence electrons. The van der Waals surface area contributed by atoms with Crippen LogP contribution in [-0.4, -0.2) is 78.5 Å². The fourth-order valence-corrected chi connectivity index (χ4v) is 9.90. The van der Waals surface area contributed by atoms with Crippen LogP contribution in [0.25, 0.3) is 22.1 Å². The molecule has 14 nitrogen and oxygen atoms in total. The van der Waals surface area contributed by atoms with Gasteiger partial charge in [-0.25, -0.2) is 14.8 Å². The molecule has 2 saturated carbocycles. The lowest BCUT2D eigenvalue weighted by molar-refractivity contribution is -0.135. The molecule has 4 fully saturated rings. The Balaban J connectivity index is 0.827. The minimum atomic E-state index is -0.692. The highest BCUT2D eigenvalue weighted by molar-refractivity contribution is 6.01. The van der Waals surface area contributed by atoms with Gasteiger partial charge in [-0.2, -0.15) is 4.98 Å². The van der Waals surface area contributed by atoms with Crippen LogP contribution in [0.2, 0.25) is 0 Å². The first-order valence-electron chi connectivity index (χ1n) is 19.7. The van der Waals surface area contributed by atoms with E-state index in [9.17, 15) is 19.2 Å². The highest BCUT2D eigenvalue weighted by atomic mass is 16.2. The molecule has 0 unspecified atom stereocenters. The maximum Gasteiger partial charge on any atom is 0.329 e. The number of benzene rings is 1. The Morgan fingerprint density at radius 2 is 1.76 bits per heavy atom. The third-order valence-electron chi connectivity index (χ3n) is 12.7. The number of aromatic nitrogens is 6. The summed E-state index contributed by atoms with van der Waals surface area (Å²) in [6.07, 6.45) is 14.3. The number of carbonyl (C=O) groups excluding carboxylic acids is 3. The van der Waals surface area contributed by atoms with Gasteiger partial charge in [-0.15, -0.1) is 0 Å². The summed E-state index contributed by atoms with van der Waals surface area (Å²) in [5.74, 6) is 1.03. The average molecular weight is 745 g/mol. The second-order valence-corrected chi connectivity index (χ2v) is 16.5. The number of fused-ring (bicyclic) bond motifs is 2. The number of amides is 3. The monoisotopic (exact) mass is 744 g/mol. The normalized spacial score (nSPS) is 20.3. The number of imide groups is 1. The Hall–Kier alpha value is -5.53. The second kappa shape index (κ2) is 13.6. The molecule has 1 aromatic carbocycles. The Morgan fingerprint density at radius 3 is 2.47 bits per heavy atom. The lowest BCUT2D eigenvalue weighted by Gasteiger charge is -2.53. The van der Waals surface area contributed by atoms with Crippen molar-refractivity contribution in [3.63, 3.8) is 0 Å². The Kier molecular flexibility index (Phi) is 8.73. The zero-order chi connectivity index (χ0) is 38.0. The van der Waals surface area contributed by atoms with Crippen LogP contribution in [0.5, 0.6) is 0 Å². The SMILES string of the molecule is CN(C)C(=O)c1cc2cnc(Nc3ccc(CC4CC5(CCN(c6cccc7c6n(C)c(=O)n7[C@@H]6CCC(=O)NC6=O)CC5)C4)cn3)nc2n1C1CCCC1. The number of piperidine rings is 2. The van der Waals surface area contributed by atoms with Gasteiger partial charge in [-0.3, -0.25) is 28.8 Å². The van der Waals surface area contributed by atoms with Gasteiger partial charge >= 0.3 is 5.69 Å². The van der Waals surface area contributed by atoms with Gasteiger partial charge < -0.3 is 19.7 Å². The number of nitrogens with one attached hydrogen (secondary N) is 2. The summed E-state index contributed by atoms with van der Waals surface area (Å²) in [5, 5.41) is 6.55. The van der Waals surface area contributed by atoms with Gasteiger partial charge in [0.1, 0.15) is 23.2 Å². The van der Waals surface area contributed by atoms with Crippen LogP contribution in [-0.2, 0) is 23.1 Å². The van der Waals surface area contributed by atoms with Crippen LogP contribution in [0, 0.1) is 11.3 Å². The van der Waals surface area contributed by atoms with E-state index in [1.54, 1.807) is 41.4 Å². The molecule has 55 heavy (non-hydrogen) atoms. The summed E-state index contributed by atoms with van der Waals surface area (Å²) in [6.45, 7) is 1.83. The summed E-state index contributed by atoms with van der Waals surface area (Å²) >= 11 is 0. The molecule has 4 aromatic heterocycles. The van der Waals surface area contributed by atoms with Crippen molar-refractivity contribution in [2.45, 2.75) is 82.7 Å². The van der Waals surface area contributed by atoms with E-state index in [4.69, 9.17) is 9.97 Å². The van der Waals surface area contributed by atoms with Crippen LogP contribution in [0.1, 0.15) is 92.3 Å². The van der Waals surface area contributed by atoms with Crippen molar-refractivity contribution < 1.29 is 14.4 Å². The summed E-state index contributed by atoms with van der Waals surface area (Å²) in [5.41, 5.74) is 5.35. The third-order valence-corrected chi connectivity index (χ3v) is 12.7. The van der Waals surface area contributed by atoms with Gasteiger partial charge in [0, 0.05) is 64.5 Å². The van der Waals surface area contributed by atoms with E-state index in [0.717, 1.165) is 85.8 Å². The molecule has 9 rings (SSSR count). The molecule has 1 atom stereocenters. The van der Waals surface area contributed by atoms with E-state index in [0.29, 0.717) is 35.2 Å². The van der Waals surface area contributed by atoms with Crippen molar-refractivity contribution in [1.82, 2.24) is 38.9 Å². The predicted molar refractivity (Wildman–Crippen MR) is 209 cm³/mol. The first kappa shape index (κ1) is 35.2. The van der Waals surface area contributed by atoms with Crippen molar-refractivity contribution in [1.29, 1.82) is 0 Å². The number of anilines is 3. The smallest absolute Gasteiger partial charge is 0.329 e. The number of rotatable bonds is 8. The van der Waals surface area contributed by atoms with Crippen LogP contribution >= 0.6 is 0 Å². The Bertz CT molecular complexity index is 2370. The van der Waals surface area contributed by atoms with E-state index in [1.807, 2.05) is 30.5 Å². The van der Waals surface area contributed by atoms with Gasteiger partial charge in [0.2, 0.25) is 17.8 Å². The molecule has 14 heteroatoms. The molecule has 4 aliphatic rings. The number of carbonyl (C=O) groups is 3. The highest BCUT2D eigenvalue weighted by Gasteiger charge is 2.46. The minimum absolute atomic E-state index is 0.0251. The molecule has 2 saturated heterocycles. The van der Waals surface area contributed by atoms with Crippen LogP contribution in [0.3, 0.4) is 0 Å². The minimum Gasteiger partial charge on any atom is -0.370 e. The number of pyridine rings is 1. The maximum absolute atomic E-state index is 13.4. The molecular formula is C41H48N10O4. The number of hydrogen-bond acceptors (Lipinski definition) is 9. The zero-order valence-electron chi connectivity index (χ0n) is 31.8. The number of nitrogens with zero attached hydrogens (tertiary/aromatic N) is 8. The van der Waals surface area contributed by atoms with E-state index in [2.05, 4.69) is 37.2 Å². The van der Waals surface area contributed by atoms with E-state index >= 15 is 0 Å². The van der Waals surface area contributed by atoms with Crippen LogP contribution in [0.15, 0.2) is 53.6 Å². The molecule has 3 amide bonds. The van der Waals surface area contributed by atoms with Crippen molar-refractivity contribution in [3.05, 3.63) is 70.5 Å². The van der Waals surface area contributed by atoms with Gasteiger partial charge in [0.05, 0.1) is 16.7 Å². The summed E-state index contributed by atoms with van der Waals surface area (Å²) in [7, 11) is 5.33. The van der Waals surface area contributed by atoms with Crippen LogP contribution < -0.4 is 21.2 Å². The predicted octanol–water partition coefficient (Wildman–Crippen LogP) is 5.26. The second-order valence-electron chi connectivity index (χ2n) is 16.5. The molecule has 2 N–H and O–H groups in total. The van der Waals surface area contributed by atoms with Gasteiger partial charge in [-0.05, 0) is 92.5 Å². The topological polar surface area (TPSA) is 152 Å². The van der Waals surface area contributed by atoms with E-state index < -0.39 is 11.9 Å². The average Bonchev–Trinajstić information content (AvgIpc) is 3.89. The highest BCUT2D eigenvalue weighted by Crippen LogP contribution is 2.54. The fourth-order valence-electron chi connectivity index (χ4n) is 9.90. The van der Waals surface area contributed by atoms with Crippen molar-refractivity contribution >= 4 is 57.2 Å². The van der Waals surface area contributed by atoms with E-state index in [-0.39, 0.29) is 30.0 Å². The first-order chi connectivity index (χ1) is 26.6.